The minimum Gasteiger partial charge on any atom is -0.354 e. The quantitative estimate of drug-likeness (QED) is 0.846. The van der Waals surface area contributed by atoms with Gasteiger partial charge in [0.25, 0.3) is 0 Å². The molecule has 3 atom stereocenters. The van der Waals surface area contributed by atoms with Crippen LogP contribution in [0.1, 0.15) is 52.9 Å². The van der Waals surface area contributed by atoms with Crippen LogP contribution in [0.3, 0.4) is 0 Å². The summed E-state index contributed by atoms with van der Waals surface area (Å²) in [4.78, 5) is 12.4. The third-order valence-corrected chi connectivity index (χ3v) is 5.05. The maximum Gasteiger partial charge on any atom is 0.223 e. The average molecular weight is 262 g/mol. The molecule has 3 heteroatoms. The highest BCUT2D eigenvalue weighted by Gasteiger charge is 2.44. The molecular weight excluding hydrogens is 236 g/mol. The standard InChI is InChI=1S/C16H26N2O/c1-11(2)13-5-4-12(3)8-14(13)15(19)18-10-16(9-17)6-7-16/h11-14H,4-8,10H2,1-3H3,(H,18,19)/t12-,13+,14-/m1/s1. The number of nitrogens with zero attached hydrogens (tertiary/aromatic N) is 1. The number of carbonyl (C=O) groups is 1. The number of hydrogen-bond acceptors (Lipinski definition) is 2. The smallest absolute Gasteiger partial charge is 0.223 e. The summed E-state index contributed by atoms with van der Waals surface area (Å²) in [5, 5.41) is 12.1. The molecule has 0 bridgehead atoms. The Morgan fingerprint density at radius 3 is 2.63 bits per heavy atom. The van der Waals surface area contributed by atoms with Gasteiger partial charge in [-0.25, -0.2) is 0 Å². The van der Waals surface area contributed by atoms with Crippen molar-refractivity contribution in [3.05, 3.63) is 0 Å². The fourth-order valence-electron chi connectivity index (χ4n) is 3.37. The van der Waals surface area contributed by atoms with Crippen molar-refractivity contribution in [2.45, 2.75) is 52.9 Å². The maximum absolute atomic E-state index is 12.4. The number of rotatable bonds is 4. The van der Waals surface area contributed by atoms with E-state index in [0.29, 0.717) is 24.3 Å². The lowest BCUT2D eigenvalue weighted by Gasteiger charge is -2.36. The summed E-state index contributed by atoms with van der Waals surface area (Å²) >= 11 is 0. The van der Waals surface area contributed by atoms with Crippen LogP contribution in [0, 0.1) is 40.4 Å². The number of nitrogens with one attached hydrogen (secondary N) is 1. The van der Waals surface area contributed by atoms with Crippen molar-refractivity contribution in [2.75, 3.05) is 6.54 Å². The van der Waals surface area contributed by atoms with E-state index >= 15 is 0 Å². The van der Waals surface area contributed by atoms with Crippen LogP contribution >= 0.6 is 0 Å². The highest BCUT2D eigenvalue weighted by atomic mass is 16.1. The van der Waals surface area contributed by atoms with Crippen molar-refractivity contribution in [3.63, 3.8) is 0 Å². The predicted molar refractivity (Wildman–Crippen MR) is 75.1 cm³/mol. The largest absolute Gasteiger partial charge is 0.354 e. The maximum atomic E-state index is 12.4. The van der Waals surface area contributed by atoms with Crippen molar-refractivity contribution in [1.82, 2.24) is 5.32 Å². The van der Waals surface area contributed by atoms with Gasteiger partial charge in [-0.3, -0.25) is 4.79 Å². The Labute approximate surface area is 116 Å². The Morgan fingerprint density at radius 1 is 1.42 bits per heavy atom. The van der Waals surface area contributed by atoms with Gasteiger partial charge in [-0.15, -0.1) is 0 Å². The second kappa shape index (κ2) is 5.53. The van der Waals surface area contributed by atoms with Crippen LogP contribution in [0.2, 0.25) is 0 Å². The van der Waals surface area contributed by atoms with Crippen molar-refractivity contribution in [2.24, 2.45) is 29.1 Å². The lowest BCUT2D eigenvalue weighted by molar-refractivity contribution is -0.129. The minimum atomic E-state index is -0.233. The highest BCUT2D eigenvalue weighted by Crippen LogP contribution is 2.44. The number of hydrogen-bond donors (Lipinski definition) is 1. The van der Waals surface area contributed by atoms with Crippen LogP contribution in [0.4, 0.5) is 0 Å². The Kier molecular flexibility index (Phi) is 4.18. The molecule has 0 saturated heterocycles. The summed E-state index contributed by atoms with van der Waals surface area (Å²) in [5.74, 6) is 2.06. The zero-order chi connectivity index (χ0) is 14.0. The lowest BCUT2D eigenvalue weighted by atomic mass is 9.70. The van der Waals surface area contributed by atoms with E-state index in [0.717, 1.165) is 19.3 Å². The van der Waals surface area contributed by atoms with E-state index in [4.69, 9.17) is 5.26 Å². The SMILES string of the molecule is CC(C)[C@@H]1CC[C@@H](C)C[C@H]1C(=O)NCC1(C#N)CC1. The summed E-state index contributed by atoms with van der Waals surface area (Å²) in [6.07, 6.45) is 5.31. The normalized spacial score (nSPS) is 32.7. The Balaban J connectivity index is 1.93. The lowest BCUT2D eigenvalue weighted by Crippen LogP contribution is -2.42. The van der Waals surface area contributed by atoms with E-state index in [-0.39, 0.29) is 17.2 Å². The van der Waals surface area contributed by atoms with Crippen LogP contribution in [0.5, 0.6) is 0 Å². The molecule has 0 aliphatic heterocycles. The third kappa shape index (κ3) is 3.29. The summed E-state index contributed by atoms with van der Waals surface area (Å²) in [7, 11) is 0. The van der Waals surface area contributed by atoms with Gasteiger partial charge in [0, 0.05) is 12.5 Å². The van der Waals surface area contributed by atoms with E-state index in [1.807, 2.05) is 0 Å². The molecule has 2 aliphatic rings. The summed E-state index contributed by atoms with van der Waals surface area (Å²) in [6, 6.07) is 2.34. The van der Waals surface area contributed by atoms with E-state index in [1.54, 1.807) is 0 Å². The molecule has 0 aromatic carbocycles. The fourth-order valence-corrected chi connectivity index (χ4v) is 3.37. The fraction of sp³-hybridized carbons (Fsp3) is 0.875. The van der Waals surface area contributed by atoms with Crippen LogP contribution in [0.15, 0.2) is 0 Å². The first-order valence-electron chi connectivity index (χ1n) is 7.66. The number of carbonyl (C=O) groups excluding carboxylic acids is 1. The summed E-state index contributed by atoms with van der Waals surface area (Å²) in [6.45, 7) is 7.24. The molecular formula is C16H26N2O. The van der Waals surface area contributed by atoms with Crippen LogP contribution in [-0.2, 0) is 4.79 Å². The van der Waals surface area contributed by atoms with Gasteiger partial charge in [0.2, 0.25) is 5.91 Å². The summed E-state index contributed by atoms with van der Waals surface area (Å²) in [5.41, 5.74) is -0.233. The zero-order valence-electron chi connectivity index (χ0n) is 12.4. The molecule has 0 unspecified atom stereocenters. The molecule has 3 nitrogen and oxygen atoms in total. The highest BCUT2D eigenvalue weighted by molar-refractivity contribution is 5.79. The zero-order valence-corrected chi connectivity index (χ0v) is 12.4. The first kappa shape index (κ1) is 14.4. The minimum absolute atomic E-state index is 0.151. The topological polar surface area (TPSA) is 52.9 Å². The number of nitriles is 1. The van der Waals surface area contributed by atoms with E-state index in [1.165, 1.54) is 12.8 Å². The van der Waals surface area contributed by atoms with Gasteiger partial charge in [0.15, 0.2) is 0 Å². The first-order valence-corrected chi connectivity index (χ1v) is 7.66. The molecule has 1 amide bonds. The van der Waals surface area contributed by atoms with Crippen molar-refractivity contribution in [1.29, 1.82) is 5.26 Å². The van der Waals surface area contributed by atoms with Crippen molar-refractivity contribution in [3.8, 4) is 6.07 Å². The Bertz CT molecular complexity index is 379. The van der Waals surface area contributed by atoms with Gasteiger partial charge in [-0.05, 0) is 43.4 Å². The second-order valence-corrected chi connectivity index (χ2v) is 7.04. The van der Waals surface area contributed by atoms with Gasteiger partial charge in [0.1, 0.15) is 0 Å². The van der Waals surface area contributed by atoms with Crippen molar-refractivity contribution < 1.29 is 4.79 Å². The van der Waals surface area contributed by atoms with E-state index < -0.39 is 0 Å². The van der Waals surface area contributed by atoms with Gasteiger partial charge in [-0.2, -0.15) is 5.26 Å². The molecule has 2 aliphatic carbocycles. The molecule has 19 heavy (non-hydrogen) atoms. The van der Waals surface area contributed by atoms with Gasteiger partial charge in [-0.1, -0.05) is 27.2 Å². The summed E-state index contributed by atoms with van der Waals surface area (Å²) < 4.78 is 0. The molecule has 0 aromatic heterocycles. The molecule has 2 saturated carbocycles. The Morgan fingerprint density at radius 2 is 2.11 bits per heavy atom. The van der Waals surface area contributed by atoms with E-state index in [9.17, 15) is 4.79 Å². The van der Waals surface area contributed by atoms with Crippen molar-refractivity contribution >= 4 is 5.91 Å². The van der Waals surface area contributed by atoms with Gasteiger partial charge in [0.05, 0.1) is 11.5 Å². The monoisotopic (exact) mass is 262 g/mol. The molecule has 106 valence electrons. The molecule has 1 N–H and O–H groups in total. The van der Waals surface area contributed by atoms with Gasteiger partial charge >= 0.3 is 0 Å². The van der Waals surface area contributed by atoms with Gasteiger partial charge < -0.3 is 5.32 Å². The first-order chi connectivity index (χ1) is 8.97. The van der Waals surface area contributed by atoms with Crippen LogP contribution in [-0.4, -0.2) is 12.5 Å². The van der Waals surface area contributed by atoms with Crippen LogP contribution < -0.4 is 5.32 Å². The number of amides is 1. The molecule has 0 aromatic rings. The molecule has 2 rings (SSSR count). The second-order valence-electron chi connectivity index (χ2n) is 7.04. The van der Waals surface area contributed by atoms with Crippen LogP contribution in [0.25, 0.3) is 0 Å². The molecule has 0 radical (unpaired) electrons. The molecule has 0 heterocycles. The Hall–Kier alpha value is -1.04. The predicted octanol–water partition coefficient (Wildman–Crippen LogP) is 3.11. The van der Waals surface area contributed by atoms with E-state index in [2.05, 4.69) is 32.2 Å². The third-order valence-electron chi connectivity index (χ3n) is 5.05. The average Bonchev–Trinajstić information content (AvgIpc) is 3.16. The molecule has 0 spiro atoms. The molecule has 2 fully saturated rings.